The summed E-state index contributed by atoms with van der Waals surface area (Å²) >= 11 is 0. The highest BCUT2D eigenvalue weighted by atomic mass is 14.1. The van der Waals surface area contributed by atoms with Gasteiger partial charge in [0.25, 0.3) is 0 Å². The molecule has 0 nitrogen and oxygen atoms in total. The van der Waals surface area contributed by atoms with Crippen molar-refractivity contribution in [3.8, 4) is 0 Å². The molecule has 4 rings (SSSR count). The summed E-state index contributed by atoms with van der Waals surface area (Å²) in [5.41, 5.74) is 2.53. The molecule has 0 saturated heterocycles. The van der Waals surface area contributed by atoms with Gasteiger partial charge in [-0.1, -0.05) is 78.9 Å². The van der Waals surface area contributed by atoms with Crippen LogP contribution in [0.1, 0.15) is 19.4 Å². The molecule has 4 aromatic carbocycles. The first kappa shape index (κ1) is 14.7. The quantitative estimate of drug-likeness (QED) is 0.273. The van der Waals surface area contributed by atoms with Gasteiger partial charge in [-0.15, -0.1) is 0 Å². The van der Waals surface area contributed by atoms with E-state index in [1.807, 2.05) is 0 Å². The fourth-order valence-corrected chi connectivity index (χ4v) is 3.63. The lowest BCUT2D eigenvalue weighted by Gasteiger charge is -2.12. The van der Waals surface area contributed by atoms with E-state index >= 15 is 0 Å². The second-order valence-electron chi connectivity index (χ2n) is 6.10. The zero-order chi connectivity index (χ0) is 16.5. The van der Waals surface area contributed by atoms with Crippen molar-refractivity contribution in [1.29, 1.82) is 0 Å². The van der Waals surface area contributed by atoms with Crippen LogP contribution >= 0.6 is 0 Å². The second-order valence-corrected chi connectivity index (χ2v) is 6.10. The Bertz CT molecular complexity index is 1080. The van der Waals surface area contributed by atoms with Gasteiger partial charge < -0.3 is 0 Å². The van der Waals surface area contributed by atoms with E-state index in [2.05, 4.69) is 98.8 Å². The van der Waals surface area contributed by atoms with E-state index < -0.39 is 0 Å². The van der Waals surface area contributed by atoms with E-state index in [9.17, 15) is 0 Å². The van der Waals surface area contributed by atoms with Crippen LogP contribution < -0.4 is 0 Å². The Morgan fingerprint density at radius 2 is 1.12 bits per heavy atom. The van der Waals surface area contributed by atoms with Gasteiger partial charge >= 0.3 is 0 Å². The molecule has 0 fully saturated rings. The van der Waals surface area contributed by atoms with Gasteiger partial charge in [-0.3, -0.25) is 0 Å². The van der Waals surface area contributed by atoms with Gasteiger partial charge in [0.05, 0.1) is 0 Å². The van der Waals surface area contributed by atoms with Crippen molar-refractivity contribution >= 4 is 37.9 Å². The van der Waals surface area contributed by atoms with Crippen molar-refractivity contribution in [2.45, 2.75) is 13.8 Å². The summed E-state index contributed by atoms with van der Waals surface area (Å²) in [5, 5.41) is 7.95. The molecule has 0 aromatic heterocycles. The standard InChI is InChI=1S/C24H20/c1-3-9-17(4-2)18-14-15-23-21-12-6-5-10-19(21)20-11-7-8-13-22(20)24(23)16-18/h3-16H,1-2H3/b9-3-,17-4+. The monoisotopic (exact) mass is 308 g/mol. The third-order valence-corrected chi connectivity index (χ3v) is 4.73. The van der Waals surface area contributed by atoms with Crippen molar-refractivity contribution < 1.29 is 0 Å². The smallest absolute Gasteiger partial charge is 0.00928 e. The van der Waals surface area contributed by atoms with E-state index in [0.29, 0.717) is 0 Å². The molecule has 4 aromatic rings. The molecule has 0 N–H and O–H groups in total. The highest BCUT2D eigenvalue weighted by molar-refractivity contribution is 6.25. The molecule has 0 spiro atoms. The third kappa shape index (κ3) is 2.23. The summed E-state index contributed by atoms with van der Waals surface area (Å²) in [7, 11) is 0. The maximum atomic E-state index is 2.33. The molecule has 116 valence electrons. The molecule has 0 bridgehead atoms. The van der Waals surface area contributed by atoms with E-state index in [-0.39, 0.29) is 0 Å². The number of hydrogen-bond acceptors (Lipinski definition) is 0. The van der Waals surface area contributed by atoms with Crippen LogP contribution in [-0.2, 0) is 0 Å². The number of fused-ring (bicyclic) bond motifs is 6. The van der Waals surface area contributed by atoms with Crippen molar-refractivity contribution in [3.63, 3.8) is 0 Å². The molecule has 0 radical (unpaired) electrons. The van der Waals surface area contributed by atoms with Gasteiger partial charge in [-0.25, -0.2) is 0 Å². The van der Waals surface area contributed by atoms with Crippen LogP contribution in [0, 0.1) is 0 Å². The van der Waals surface area contributed by atoms with Crippen LogP contribution in [0.3, 0.4) is 0 Å². The van der Waals surface area contributed by atoms with Crippen LogP contribution in [0.2, 0.25) is 0 Å². The lowest BCUT2D eigenvalue weighted by molar-refractivity contribution is 1.62. The summed E-state index contributed by atoms with van der Waals surface area (Å²) in [6.07, 6.45) is 6.44. The molecule has 0 unspecified atom stereocenters. The highest BCUT2D eigenvalue weighted by Crippen LogP contribution is 2.36. The minimum Gasteiger partial charge on any atom is -0.0871 e. The van der Waals surface area contributed by atoms with E-state index in [1.54, 1.807) is 0 Å². The average Bonchev–Trinajstić information content (AvgIpc) is 2.66. The molecular formula is C24H20. The Morgan fingerprint density at radius 3 is 1.62 bits per heavy atom. The highest BCUT2D eigenvalue weighted by Gasteiger charge is 2.09. The lowest BCUT2D eigenvalue weighted by atomic mass is 9.92. The molecule has 0 heteroatoms. The number of allylic oxidation sites excluding steroid dienone is 4. The summed E-state index contributed by atoms with van der Waals surface area (Å²) in [5.74, 6) is 0. The molecule has 0 aliphatic carbocycles. The Balaban J connectivity index is 2.17. The van der Waals surface area contributed by atoms with Gasteiger partial charge in [-0.05, 0) is 63.4 Å². The fourth-order valence-electron chi connectivity index (χ4n) is 3.63. The topological polar surface area (TPSA) is 0 Å². The Morgan fingerprint density at radius 1 is 0.625 bits per heavy atom. The van der Waals surface area contributed by atoms with Crippen molar-refractivity contribution in [3.05, 3.63) is 90.5 Å². The van der Waals surface area contributed by atoms with Crippen molar-refractivity contribution in [2.75, 3.05) is 0 Å². The normalized spacial score (nSPS) is 12.7. The van der Waals surface area contributed by atoms with Gasteiger partial charge in [0, 0.05) is 0 Å². The van der Waals surface area contributed by atoms with Gasteiger partial charge in [0.15, 0.2) is 0 Å². The fraction of sp³-hybridized carbons (Fsp3) is 0.0833. The number of rotatable bonds is 2. The van der Waals surface area contributed by atoms with Crippen LogP contribution in [0.15, 0.2) is 85.0 Å². The molecule has 0 amide bonds. The molecule has 0 aliphatic rings. The predicted octanol–water partition coefficient (Wildman–Crippen LogP) is 7.13. The lowest BCUT2D eigenvalue weighted by Crippen LogP contribution is -1.86. The first-order valence-corrected chi connectivity index (χ1v) is 8.46. The zero-order valence-corrected chi connectivity index (χ0v) is 14.1. The van der Waals surface area contributed by atoms with Crippen LogP contribution in [0.5, 0.6) is 0 Å². The molecule has 0 aliphatic heterocycles. The molecule has 24 heavy (non-hydrogen) atoms. The Hall–Kier alpha value is -2.86. The predicted molar refractivity (Wildman–Crippen MR) is 107 cm³/mol. The van der Waals surface area contributed by atoms with E-state index in [4.69, 9.17) is 0 Å². The summed E-state index contributed by atoms with van der Waals surface area (Å²) in [6.45, 7) is 4.16. The summed E-state index contributed by atoms with van der Waals surface area (Å²) in [4.78, 5) is 0. The SMILES string of the molecule is C/C=C\C(=C/C)c1ccc2c3ccccc3c3ccccc3c2c1. The van der Waals surface area contributed by atoms with Gasteiger partial charge in [-0.2, -0.15) is 0 Å². The van der Waals surface area contributed by atoms with E-state index in [1.165, 1.54) is 43.5 Å². The van der Waals surface area contributed by atoms with Gasteiger partial charge in [0.2, 0.25) is 0 Å². The van der Waals surface area contributed by atoms with Crippen LogP contribution in [0.4, 0.5) is 0 Å². The molecule has 0 heterocycles. The Labute approximate surface area is 142 Å². The summed E-state index contributed by atoms with van der Waals surface area (Å²) in [6, 6.07) is 24.3. The maximum absolute atomic E-state index is 2.33. The van der Waals surface area contributed by atoms with Gasteiger partial charge in [0.1, 0.15) is 0 Å². The second kappa shape index (κ2) is 5.98. The first-order valence-electron chi connectivity index (χ1n) is 8.46. The summed E-state index contributed by atoms with van der Waals surface area (Å²) < 4.78 is 0. The zero-order valence-electron chi connectivity index (χ0n) is 14.1. The van der Waals surface area contributed by atoms with Crippen molar-refractivity contribution in [2.24, 2.45) is 0 Å². The Kier molecular flexibility index (Phi) is 3.66. The molecule has 0 atom stereocenters. The van der Waals surface area contributed by atoms with Crippen molar-refractivity contribution in [1.82, 2.24) is 0 Å². The minimum atomic E-state index is 1.26. The van der Waals surface area contributed by atoms with Crippen LogP contribution in [-0.4, -0.2) is 0 Å². The first-order chi connectivity index (χ1) is 11.8. The minimum absolute atomic E-state index is 1.26. The molecular weight excluding hydrogens is 288 g/mol. The number of hydrogen-bond donors (Lipinski definition) is 0. The van der Waals surface area contributed by atoms with Crippen LogP contribution in [0.25, 0.3) is 37.9 Å². The largest absolute Gasteiger partial charge is 0.0871 e. The van der Waals surface area contributed by atoms with E-state index in [0.717, 1.165) is 0 Å². The third-order valence-electron chi connectivity index (χ3n) is 4.73. The average molecular weight is 308 g/mol. The maximum Gasteiger partial charge on any atom is -0.00928 e. The number of benzene rings is 4. The molecule has 0 saturated carbocycles.